The minimum atomic E-state index is -0.0482. The number of hydrogen-bond acceptors (Lipinski definition) is 4. The summed E-state index contributed by atoms with van der Waals surface area (Å²) in [5.74, 6) is 6.52. The van der Waals surface area contributed by atoms with Crippen LogP contribution in [0.3, 0.4) is 0 Å². The molecule has 0 aliphatic heterocycles. The number of aryl methyl sites for hydroxylation is 1. The van der Waals surface area contributed by atoms with Crippen molar-refractivity contribution in [1.29, 1.82) is 0 Å². The quantitative estimate of drug-likeness (QED) is 0.483. The molecule has 0 fully saturated rings. The summed E-state index contributed by atoms with van der Waals surface area (Å²) < 4.78 is 1.92. The van der Waals surface area contributed by atoms with Crippen molar-refractivity contribution >= 4 is 23.4 Å². The normalized spacial score (nSPS) is 12.9. The van der Waals surface area contributed by atoms with Crippen molar-refractivity contribution in [3.8, 4) is 0 Å². The number of hydrazine groups is 1. The fourth-order valence-corrected chi connectivity index (χ4v) is 3.50. The van der Waals surface area contributed by atoms with Crippen LogP contribution < -0.4 is 11.3 Å². The first-order valence-electron chi connectivity index (χ1n) is 6.91. The summed E-state index contributed by atoms with van der Waals surface area (Å²) >= 11 is 8.03. The molecular weight excluding hydrogens is 304 g/mol. The maximum atomic E-state index is 6.28. The van der Waals surface area contributed by atoms with Gasteiger partial charge in [-0.2, -0.15) is 5.10 Å². The second kappa shape index (κ2) is 7.31. The summed E-state index contributed by atoms with van der Waals surface area (Å²) in [6, 6.07) is 8.62. The van der Waals surface area contributed by atoms with E-state index in [2.05, 4.69) is 55.6 Å². The van der Waals surface area contributed by atoms with Crippen LogP contribution in [0.2, 0.25) is 5.02 Å². The van der Waals surface area contributed by atoms with Gasteiger partial charge in [0, 0.05) is 16.7 Å². The Kier molecular flexibility index (Phi) is 5.70. The second-order valence-corrected chi connectivity index (χ2v) is 6.76. The fraction of sp³-hybridized carbons (Fsp3) is 0.400. The van der Waals surface area contributed by atoms with Crippen molar-refractivity contribution in [2.24, 2.45) is 5.84 Å². The topological polar surface area (TPSA) is 55.9 Å². The Hall–Kier alpha value is -1.01. The molecular formula is C15H21ClN4S. The Labute approximate surface area is 135 Å². The lowest BCUT2D eigenvalue weighted by molar-refractivity contribution is 0.468. The molecule has 0 spiro atoms. The maximum absolute atomic E-state index is 6.28. The van der Waals surface area contributed by atoms with Crippen molar-refractivity contribution in [2.45, 2.75) is 37.8 Å². The summed E-state index contributed by atoms with van der Waals surface area (Å²) in [5, 5.41) is 4.98. The van der Waals surface area contributed by atoms with Crippen LogP contribution in [-0.2, 0) is 0 Å². The molecule has 1 unspecified atom stereocenters. The van der Waals surface area contributed by atoms with E-state index in [1.165, 1.54) is 10.5 Å². The molecule has 0 saturated heterocycles. The summed E-state index contributed by atoms with van der Waals surface area (Å²) in [6.07, 6.45) is 1.68. The third-order valence-corrected chi connectivity index (χ3v) is 4.59. The zero-order valence-corrected chi connectivity index (χ0v) is 14.1. The van der Waals surface area contributed by atoms with Gasteiger partial charge in [0.25, 0.3) is 0 Å². The van der Waals surface area contributed by atoms with Gasteiger partial charge in [0.15, 0.2) is 0 Å². The molecule has 1 atom stereocenters. The molecule has 0 aliphatic carbocycles. The first-order valence-corrected chi connectivity index (χ1v) is 8.27. The highest BCUT2D eigenvalue weighted by atomic mass is 35.5. The zero-order chi connectivity index (χ0) is 15.4. The number of nitrogens with zero attached hydrogens (tertiary/aromatic N) is 2. The van der Waals surface area contributed by atoms with Crippen molar-refractivity contribution < 1.29 is 0 Å². The van der Waals surface area contributed by atoms with Crippen LogP contribution in [0.25, 0.3) is 0 Å². The number of benzene rings is 1. The lowest BCUT2D eigenvalue weighted by atomic mass is 10.2. The van der Waals surface area contributed by atoms with Crippen molar-refractivity contribution in [1.82, 2.24) is 15.2 Å². The number of nitrogens with one attached hydrogen (secondary N) is 1. The summed E-state index contributed by atoms with van der Waals surface area (Å²) in [5.41, 5.74) is 5.05. The standard InChI is InChI=1S/C15H21ClN4S/c1-10(2)20-15(13(16)8-18-20)14(19-17)9-21-12-6-4-5-11(3)7-12/h4-8,10,14,19H,9,17H2,1-3H3. The van der Waals surface area contributed by atoms with E-state index in [0.29, 0.717) is 5.02 Å². The summed E-state index contributed by atoms with van der Waals surface area (Å²) in [6.45, 7) is 6.25. The molecule has 114 valence electrons. The van der Waals surface area contributed by atoms with E-state index in [1.807, 2.05) is 4.68 Å². The van der Waals surface area contributed by atoms with Gasteiger partial charge in [-0.1, -0.05) is 29.3 Å². The third-order valence-electron chi connectivity index (χ3n) is 3.21. The average molecular weight is 325 g/mol. The lowest BCUT2D eigenvalue weighted by Gasteiger charge is -2.20. The third kappa shape index (κ3) is 4.01. The van der Waals surface area contributed by atoms with Crippen LogP contribution in [0.4, 0.5) is 0 Å². The van der Waals surface area contributed by atoms with Crippen LogP contribution in [0.15, 0.2) is 35.4 Å². The van der Waals surface area contributed by atoms with Gasteiger partial charge in [-0.15, -0.1) is 11.8 Å². The molecule has 0 aliphatic rings. The van der Waals surface area contributed by atoms with E-state index in [9.17, 15) is 0 Å². The number of thioether (sulfide) groups is 1. The van der Waals surface area contributed by atoms with Gasteiger partial charge in [-0.05, 0) is 32.9 Å². The highest BCUT2D eigenvalue weighted by Gasteiger charge is 2.21. The zero-order valence-electron chi connectivity index (χ0n) is 12.5. The van der Waals surface area contributed by atoms with E-state index >= 15 is 0 Å². The molecule has 1 aromatic carbocycles. The monoisotopic (exact) mass is 324 g/mol. The van der Waals surface area contributed by atoms with Crippen molar-refractivity contribution in [2.75, 3.05) is 5.75 Å². The number of hydrogen-bond donors (Lipinski definition) is 2. The summed E-state index contributed by atoms with van der Waals surface area (Å²) in [4.78, 5) is 1.22. The molecule has 2 rings (SSSR count). The number of halogens is 1. The largest absolute Gasteiger partial charge is 0.271 e. The Bertz CT molecular complexity index is 597. The van der Waals surface area contributed by atoms with E-state index in [0.717, 1.165) is 11.4 Å². The molecule has 0 saturated carbocycles. The van der Waals surface area contributed by atoms with Gasteiger partial charge >= 0.3 is 0 Å². The molecule has 2 aromatic rings. The van der Waals surface area contributed by atoms with E-state index in [4.69, 9.17) is 17.4 Å². The van der Waals surface area contributed by atoms with Crippen LogP contribution in [-0.4, -0.2) is 15.5 Å². The lowest BCUT2D eigenvalue weighted by Crippen LogP contribution is -2.32. The van der Waals surface area contributed by atoms with Gasteiger partial charge in [-0.25, -0.2) is 0 Å². The molecule has 6 heteroatoms. The Morgan fingerprint density at radius 1 is 1.43 bits per heavy atom. The second-order valence-electron chi connectivity index (χ2n) is 5.26. The van der Waals surface area contributed by atoms with Crippen LogP contribution in [0, 0.1) is 6.92 Å². The predicted molar refractivity (Wildman–Crippen MR) is 89.6 cm³/mol. The molecule has 0 bridgehead atoms. The molecule has 0 amide bonds. The number of nitrogens with two attached hydrogens (primary N) is 1. The first kappa shape index (κ1) is 16.4. The predicted octanol–water partition coefficient (Wildman–Crippen LogP) is 3.72. The minimum absolute atomic E-state index is 0.0482. The molecule has 3 N–H and O–H groups in total. The Morgan fingerprint density at radius 3 is 2.81 bits per heavy atom. The molecule has 1 aromatic heterocycles. The van der Waals surface area contributed by atoms with Gasteiger partial charge in [-0.3, -0.25) is 16.0 Å². The SMILES string of the molecule is Cc1cccc(SCC(NN)c2c(Cl)cnn2C(C)C)c1. The molecule has 21 heavy (non-hydrogen) atoms. The number of aromatic nitrogens is 2. The van der Waals surface area contributed by atoms with Crippen LogP contribution in [0.5, 0.6) is 0 Å². The van der Waals surface area contributed by atoms with E-state index in [-0.39, 0.29) is 12.1 Å². The van der Waals surface area contributed by atoms with E-state index in [1.54, 1.807) is 18.0 Å². The fourth-order valence-electron chi connectivity index (χ4n) is 2.18. The highest BCUT2D eigenvalue weighted by Crippen LogP contribution is 2.30. The van der Waals surface area contributed by atoms with Crippen LogP contribution in [0.1, 0.15) is 37.2 Å². The molecule has 4 nitrogen and oxygen atoms in total. The van der Waals surface area contributed by atoms with Crippen LogP contribution >= 0.6 is 23.4 Å². The molecule has 0 radical (unpaired) electrons. The van der Waals surface area contributed by atoms with Crippen molar-refractivity contribution in [3.05, 3.63) is 46.7 Å². The number of rotatable bonds is 6. The van der Waals surface area contributed by atoms with Gasteiger partial charge in [0.1, 0.15) is 0 Å². The smallest absolute Gasteiger partial charge is 0.0835 e. The van der Waals surface area contributed by atoms with Gasteiger partial charge in [0.2, 0.25) is 0 Å². The first-order chi connectivity index (χ1) is 10.0. The highest BCUT2D eigenvalue weighted by molar-refractivity contribution is 7.99. The molecule has 1 heterocycles. The Balaban J connectivity index is 2.15. The minimum Gasteiger partial charge on any atom is -0.271 e. The van der Waals surface area contributed by atoms with E-state index < -0.39 is 0 Å². The summed E-state index contributed by atoms with van der Waals surface area (Å²) in [7, 11) is 0. The maximum Gasteiger partial charge on any atom is 0.0835 e. The van der Waals surface area contributed by atoms with Gasteiger partial charge < -0.3 is 0 Å². The Morgan fingerprint density at radius 2 is 2.19 bits per heavy atom. The van der Waals surface area contributed by atoms with Crippen molar-refractivity contribution in [3.63, 3.8) is 0 Å². The van der Waals surface area contributed by atoms with Gasteiger partial charge in [0.05, 0.1) is 23.0 Å². The average Bonchev–Trinajstić information content (AvgIpc) is 2.82.